The summed E-state index contributed by atoms with van der Waals surface area (Å²) in [6.45, 7) is 8.86. The van der Waals surface area contributed by atoms with Crippen LogP contribution < -0.4 is 0 Å². The monoisotopic (exact) mass is 492 g/mol. The summed E-state index contributed by atoms with van der Waals surface area (Å²) in [5, 5.41) is 0. The number of hydrogen-bond donors (Lipinski definition) is 0. The van der Waals surface area contributed by atoms with Gasteiger partial charge in [0.25, 0.3) is 0 Å². The maximum Gasteiger partial charge on any atom is -0.0414 e. The Hall–Kier alpha value is 0. The van der Waals surface area contributed by atoms with E-state index >= 15 is 0 Å². The Morgan fingerprint density at radius 2 is 0.514 bits per heavy atom. The van der Waals surface area contributed by atoms with Crippen LogP contribution >= 0.6 is 0 Å². The largest absolute Gasteiger partial charge is 0.0654 e. The van der Waals surface area contributed by atoms with Crippen molar-refractivity contribution in [2.75, 3.05) is 0 Å². The summed E-state index contributed by atoms with van der Waals surface area (Å²) < 4.78 is 0. The second-order valence-corrected chi connectivity index (χ2v) is 11.9. The molecule has 0 aromatic rings. The normalized spacial score (nSPS) is 12.4. The Morgan fingerprint density at radius 1 is 0.314 bits per heavy atom. The fraction of sp³-hybridized carbons (Fsp3) is 0.971. The van der Waals surface area contributed by atoms with Crippen molar-refractivity contribution in [2.45, 2.75) is 213 Å². The van der Waals surface area contributed by atoms with Crippen molar-refractivity contribution >= 4 is 0 Å². The lowest BCUT2D eigenvalue weighted by atomic mass is 9.92. The molecule has 0 bridgehead atoms. The van der Waals surface area contributed by atoms with Gasteiger partial charge in [-0.25, -0.2) is 0 Å². The molecule has 0 amide bonds. The standard InChI is InChI=1S/C35H71/c1-4-7-9-11-13-15-17-18-19-20-21-22-24-26-28-30-32-34-35(6-3)33-31-29-27-25-23-16-14-12-10-8-5-2/h35H,3-34H2,1-2H3. The van der Waals surface area contributed by atoms with Crippen LogP contribution in [-0.2, 0) is 0 Å². The van der Waals surface area contributed by atoms with Crippen LogP contribution in [0.4, 0.5) is 0 Å². The number of unbranched alkanes of at least 4 members (excludes halogenated alkanes) is 26. The highest BCUT2D eigenvalue weighted by molar-refractivity contribution is 4.62. The second-order valence-electron chi connectivity index (χ2n) is 11.9. The zero-order chi connectivity index (χ0) is 25.5. The minimum atomic E-state index is 0.907. The molecule has 0 aromatic heterocycles. The molecule has 0 rings (SSSR count). The van der Waals surface area contributed by atoms with Gasteiger partial charge in [0.2, 0.25) is 0 Å². The van der Waals surface area contributed by atoms with E-state index < -0.39 is 0 Å². The smallest absolute Gasteiger partial charge is 0.0414 e. The van der Waals surface area contributed by atoms with Gasteiger partial charge in [0.1, 0.15) is 0 Å². The Bertz CT molecular complexity index is 346. The predicted octanol–water partition coefficient (Wildman–Crippen LogP) is 13.6. The van der Waals surface area contributed by atoms with Gasteiger partial charge in [-0.05, 0) is 5.92 Å². The maximum absolute atomic E-state index is 4.25. The second kappa shape index (κ2) is 32.0. The molecule has 0 fully saturated rings. The minimum absolute atomic E-state index is 0.907. The summed E-state index contributed by atoms with van der Waals surface area (Å²) in [5.74, 6) is 0.907. The SMILES string of the molecule is [CH2]CC(CCCCCCCCCCCCC)CCCCCCCCCCCCCCCCCCC. The zero-order valence-electron chi connectivity index (χ0n) is 25.2. The molecule has 0 saturated heterocycles. The van der Waals surface area contributed by atoms with Crippen LogP contribution in [0.25, 0.3) is 0 Å². The van der Waals surface area contributed by atoms with Crippen LogP contribution in [0.1, 0.15) is 213 Å². The van der Waals surface area contributed by atoms with Crippen molar-refractivity contribution in [3.8, 4) is 0 Å². The summed E-state index contributed by atoms with van der Waals surface area (Å²) in [6, 6.07) is 0. The summed E-state index contributed by atoms with van der Waals surface area (Å²) in [7, 11) is 0. The van der Waals surface area contributed by atoms with E-state index in [0.29, 0.717) is 0 Å². The fourth-order valence-corrected chi connectivity index (χ4v) is 5.69. The third kappa shape index (κ3) is 30.1. The van der Waals surface area contributed by atoms with Gasteiger partial charge in [0.05, 0.1) is 0 Å². The maximum atomic E-state index is 4.25. The highest BCUT2D eigenvalue weighted by Crippen LogP contribution is 2.22. The average molecular weight is 492 g/mol. The molecule has 0 aliphatic carbocycles. The molecule has 0 spiro atoms. The fourth-order valence-electron chi connectivity index (χ4n) is 5.69. The topological polar surface area (TPSA) is 0 Å². The molecule has 0 nitrogen and oxygen atoms in total. The van der Waals surface area contributed by atoms with E-state index in [0.717, 1.165) is 12.3 Å². The van der Waals surface area contributed by atoms with E-state index in [-0.39, 0.29) is 0 Å². The molecule has 0 heteroatoms. The quantitative estimate of drug-likeness (QED) is 0.0845. The first kappa shape index (κ1) is 35.0. The molecule has 211 valence electrons. The Morgan fingerprint density at radius 3 is 0.714 bits per heavy atom. The molecule has 1 atom stereocenters. The van der Waals surface area contributed by atoms with Crippen LogP contribution in [0.2, 0.25) is 0 Å². The average Bonchev–Trinajstić information content (AvgIpc) is 2.87. The molecule has 0 N–H and O–H groups in total. The molecule has 1 unspecified atom stereocenters. The summed E-state index contributed by atoms with van der Waals surface area (Å²) in [4.78, 5) is 0. The molecule has 0 saturated carbocycles. The Balaban J connectivity index is 3.24. The first-order valence-corrected chi connectivity index (χ1v) is 17.1. The zero-order valence-corrected chi connectivity index (χ0v) is 25.2. The molecule has 1 radical (unpaired) electrons. The van der Waals surface area contributed by atoms with Gasteiger partial charge in [-0.1, -0.05) is 220 Å². The van der Waals surface area contributed by atoms with Gasteiger partial charge >= 0.3 is 0 Å². The molecule has 0 heterocycles. The highest BCUT2D eigenvalue weighted by atomic mass is 14.1. The van der Waals surface area contributed by atoms with Crippen LogP contribution in [-0.4, -0.2) is 0 Å². The van der Waals surface area contributed by atoms with Gasteiger partial charge in [0.15, 0.2) is 0 Å². The van der Waals surface area contributed by atoms with E-state index in [9.17, 15) is 0 Å². The van der Waals surface area contributed by atoms with Crippen molar-refractivity contribution in [1.82, 2.24) is 0 Å². The Kier molecular flexibility index (Phi) is 32.0. The summed E-state index contributed by atoms with van der Waals surface area (Å²) in [5.41, 5.74) is 0. The minimum Gasteiger partial charge on any atom is -0.0654 e. The lowest BCUT2D eigenvalue weighted by Crippen LogP contribution is -1.99. The first-order valence-electron chi connectivity index (χ1n) is 17.1. The molecule has 0 aromatic carbocycles. The van der Waals surface area contributed by atoms with Crippen LogP contribution in [0.3, 0.4) is 0 Å². The summed E-state index contributed by atoms with van der Waals surface area (Å²) in [6.07, 6.45) is 45.1. The van der Waals surface area contributed by atoms with Crippen LogP contribution in [0.15, 0.2) is 0 Å². The van der Waals surface area contributed by atoms with E-state index in [4.69, 9.17) is 0 Å². The lowest BCUT2D eigenvalue weighted by molar-refractivity contribution is 0.404. The Labute approximate surface area is 225 Å². The molecule has 35 heavy (non-hydrogen) atoms. The van der Waals surface area contributed by atoms with Crippen molar-refractivity contribution < 1.29 is 0 Å². The number of rotatable bonds is 31. The molecular weight excluding hydrogens is 420 g/mol. The first-order chi connectivity index (χ1) is 17.3. The van der Waals surface area contributed by atoms with Crippen molar-refractivity contribution in [3.63, 3.8) is 0 Å². The van der Waals surface area contributed by atoms with E-state index in [1.54, 1.807) is 0 Å². The molecule has 0 aliphatic rings. The van der Waals surface area contributed by atoms with Gasteiger partial charge in [-0.2, -0.15) is 0 Å². The third-order valence-corrected chi connectivity index (χ3v) is 8.34. The summed E-state index contributed by atoms with van der Waals surface area (Å²) >= 11 is 0. The van der Waals surface area contributed by atoms with Gasteiger partial charge < -0.3 is 0 Å². The predicted molar refractivity (Wildman–Crippen MR) is 163 cm³/mol. The van der Waals surface area contributed by atoms with Gasteiger partial charge in [-0.3, -0.25) is 0 Å². The molecular formula is C35H71. The lowest BCUT2D eigenvalue weighted by Gasteiger charge is -2.14. The van der Waals surface area contributed by atoms with Crippen LogP contribution in [0, 0.1) is 12.8 Å². The van der Waals surface area contributed by atoms with Crippen LogP contribution in [0.5, 0.6) is 0 Å². The van der Waals surface area contributed by atoms with E-state index in [1.165, 1.54) is 193 Å². The van der Waals surface area contributed by atoms with Gasteiger partial charge in [-0.15, -0.1) is 0 Å². The van der Waals surface area contributed by atoms with E-state index in [1.807, 2.05) is 0 Å². The van der Waals surface area contributed by atoms with Crippen molar-refractivity contribution in [2.24, 2.45) is 5.92 Å². The highest BCUT2D eigenvalue weighted by Gasteiger charge is 2.06. The van der Waals surface area contributed by atoms with Crippen molar-refractivity contribution in [3.05, 3.63) is 6.92 Å². The van der Waals surface area contributed by atoms with E-state index in [2.05, 4.69) is 20.8 Å². The number of hydrogen-bond acceptors (Lipinski definition) is 0. The van der Waals surface area contributed by atoms with Crippen molar-refractivity contribution in [1.29, 1.82) is 0 Å². The third-order valence-electron chi connectivity index (χ3n) is 8.34. The molecule has 0 aliphatic heterocycles. The van der Waals surface area contributed by atoms with Gasteiger partial charge in [0, 0.05) is 0 Å².